The highest BCUT2D eigenvalue weighted by Gasteiger charge is 2.30. The van der Waals surface area contributed by atoms with Gasteiger partial charge in [-0.15, -0.1) is 0 Å². The van der Waals surface area contributed by atoms with Gasteiger partial charge in [-0.1, -0.05) is 6.07 Å². The number of benzene rings is 2. The van der Waals surface area contributed by atoms with Gasteiger partial charge in [0.15, 0.2) is 11.1 Å². The van der Waals surface area contributed by atoms with Gasteiger partial charge in [-0.05, 0) is 43.0 Å². The number of carbonyl (C=O) groups is 1. The minimum absolute atomic E-state index is 0.0294. The third-order valence-corrected chi connectivity index (χ3v) is 6.39. The van der Waals surface area contributed by atoms with Gasteiger partial charge in [0, 0.05) is 30.2 Å². The molecule has 1 aliphatic rings. The van der Waals surface area contributed by atoms with Crippen molar-refractivity contribution < 1.29 is 22.7 Å². The van der Waals surface area contributed by atoms with E-state index in [2.05, 4.69) is 10.3 Å². The summed E-state index contributed by atoms with van der Waals surface area (Å²) in [5, 5.41) is 3.23. The van der Waals surface area contributed by atoms with E-state index in [1.54, 1.807) is 23.6 Å². The molecule has 5 rings (SSSR count). The molecule has 11 heteroatoms. The number of amides is 1. The summed E-state index contributed by atoms with van der Waals surface area (Å²) in [6, 6.07) is 4.47. The molecule has 1 saturated carbocycles. The zero-order valence-corrected chi connectivity index (χ0v) is 19.7. The maximum atomic E-state index is 14.8. The van der Waals surface area contributed by atoms with Crippen LogP contribution in [0.3, 0.4) is 0 Å². The van der Waals surface area contributed by atoms with Crippen molar-refractivity contribution in [3.63, 3.8) is 0 Å². The lowest BCUT2D eigenvalue weighted by Gasteiger charge is -2.16. The molecule has 0 spiro atoms. The Morgan fingerprint density at radius 2 is 2.03 bits per heavy atom. The second kappa shape index (κ2) is 8.99. The van der Waals surface area contributed by atoms with Crippen LogP contribution in [0, 0.1) is 18.6 Å². The number of halogens is 2. The van der Waals surface area contributed by atoms with Gasteiger partial charge in [0.25, 0.3) is 5.56 Å². The Morgan fingerprint density at radius 3 is 2.72 bits per heavy atom. The van der Waals surface area contributed by atoms with Crippen LogP contribution in [0.2, 0.25) is 0 Å². The summed E-state index contributed by atoms with van der Waals surface area (Å²) in [6.45, 7) is 1.74. The summed E-state index contributed by atoms with van der Waals surface area (Å²) in [7, 11) is 1.44. The molecule has 2 aromatic carbocycles. The molecule has 0 bridgehead atoms. The highest BCUT2D eigenvalue weighted by molar-refractivity contribution is 6.04. The van der Waals surface area contributed by atoms with Crippen LogP contribution >= 0.6 is 0 Å². The molecule has 0 saturated heterocycles. The van der Waals surface area contributed by atoms with Crippen molar-refractivity contribution in [3.05, 3.63) is 57.7 Å². The number of pyridine rings is 1. The second-order valence-corrected chi connectivity index (χ2v) is 8.96. The van der Waals surface area contributed by atoms with Gasteiger partial charge in [-0.3, -0.25) is 9.59 Å². The highest BCUT2D eigenvalue weighted by Crippen LogP contribution is 2.41. The Labute approximate surface area is 204 Å². The van der Waals surface area contributed by atoms with Gasteiger partial charge in [0.2, 0.25) is 11.8 Å². The number of nitrogens with zero attached hydrogens (tertiary/aromatic N) is 2. The molecule has 2 aromatic heterocycles. The van der Waals surface area contributed by atoms with Crippen LogP contribution in [0.5, 0.6) is 0 Å². The fourth-order valence-corrected chi connectivity index (χ4v) is 4.47. The van der Waals surface area contributed by atoms with Gasteiger partial charge in [0.05, 0.1) is 24.4 Å². The van der Waals surface area contributed by atoms with E-state index in [1.165, 1.54) is 7.11 Å². The van der Waals surface area contributed by atoms with Gasteiger partial charge in [0.1, 0.15) is 17.7 Å². The van der Waals surface area contributed by atoms with Crippen molar-refractivity contribution in [1.29, 1.82) is 0 Å². The predicted octanol–water partition coefficient (Wildman–Crippen LogP) is 2.90. The number of nitrogen functional groups attached to an aromatic ring is 1. The number of carbonyl (C=O) groups excluding carboxylic acids is 1. The van der Waals surface area contributed by atoms with E-state index >= 15 is 0 Å². The van der Waals surface area contributed by atoms with Crippen molar-refractivity contribution >= 4 is 33.6 Å². The largest absolute Gasteiger partial charge is 0.438 e. The lowest BCUT2D eigenvalue weighted by atomic mass is 9.96. The molecule has 0 radical (unpaired) electrons. The van der Waals surface area contributed by atoms with Crippen molar-refractivity contribution in [3.8, 4) is 11.1 Å². The monoisotopic (exact) mass is 497 g/mol. The molecule has 5 N–H and O–H groups in total. The number of aromatic nitrogens is 2. The van der Waals surface area contributed by atoms with E-state index in [1.807, 2.05) is 0 Å². The summed E-state index contributed by atoms with van der Waals surface area (Å²) in [5.74, 6) is -1.70. The molecule has 1 fully saturated rings. The average molecular weight is 498 g/mol. The zero-order chi connectivity index (χ0) is 25.7. The number of hydrogen-bond donors (Lipinski definition) is 3. The van der Waals surface area contributed by atoms with Crippen molar-refractivity contribution in [2.75, 3.05) is 19.5 Å². The topological polar surface area (TPSA) is 138 Å². The number of hydrogen-bond acceptors (Lipinski definition) is 7. The SMILES string of the molecule is COC[C@@H](N)C(=O)NCc1nc2c(=O)n(C3CC3)c3c(C)c(-c4cc(F)c(N)cc4F)ccc3c2o1. The number of rotatable bonds is 7. The summed E-state index contributed by atoms with van der Waals surface area (Å²) < 4.78 is 41.4. The minimum Gasteiger partial charge on any atom is -0.438 e. The normalized spacial score (nSPS) is 14.5. The Kier molecular flexibility index (Phi) is 5.97. The first-order valence-corrected chi connectivity index (χ1v) is 11.5. The number of fused-ring (bicyclic) bond motifs is 3. The average Bonchev–Trinajstić information content (AvgIpc) is 3.58. The molecular formula is C25H25F2N5O4. The number of methoxy groups -OCH3 is 1. The van der Waals surface area contributed by atoms with E-state index in [-0.39, 0.29) is 53.0 Å². The van der Waals surface area contributed by atoms with Crippen LogP contribution in [0.1, 0.15) is 30.3 Å². The number of nitrogens with two attached hydrogens (primary N) is 2. The standard InChI is InChI=1S/C25H25F2N5O4/c1-11-13(15-7-17(27)18(28)8-16(15)26)5-6-14-22(11)32(12-3-4-12)25(34)21-23(14)36-20(31-21)9-30-24(33)19(29)10-35-2/h5-8,12,19H,3-4,9-10,28-29H2,1-2H3,(H,30,33)/t19-/m1/s1. The Hall–Kier alpha value is -3.83. The molecule has 1 amide bonds. The zero-order valence-electron chi connectivity index (χ0n) is 19.7. The molecule has 1 atom stereocenters. The first-order valence-electron chi connectivity index (χ1n) is 11.5. The number of anilines is 1. The fraction of sp³-hybridized carbons (Fsp3) is 0.320. The van der Waals surface area contributed by atoms with E-state index in [9.17, 15) is 18.4 Å². The van der Waals surface area contributed by atoms with Crippen molar-refractivity contribution in [2.24, 2.45) is 5.73 Å². The molecule has 9 nitrogen and oxygen atoms in total. The van der Waals surface area contributed by atoms with Crippen LogP contribution in [-0.2, 0) is 16.1 Å². The smallest absolute Gasteiger partial charge is 0.281 e. The van der Waals surface area contributed by atoms with E-state index in [0.717, 1.165) is 25.0 Å². The third-order valence-electron chi connectivity index (χ3n) is 6.39. The molecule has 2 heterocycles. The first kappa shape index (κ1) is 23.9. The third kappa shape index (κ3) is 3.99. The Balaban J connectivity index is 1.65. The molecule has 1 aliphatic carbocycles. The molecule has 188 valence electrons. The van der Waals surface area contributed by atoms with Crippen molar-refractivity contribution in [2.45, 2.75) is 38.4 Å². The fourth-order valence-electron chi connectivity index (χ4n) is 4.47. The maximum absolute atomic E-state index is 14.8. The molecule has 0 aliphatic heterocycles. The predicted molar refractivity (Wildman–Crippen MR) is 130 cm³/mol. The Bertz CT molecular complexity index is 1570. The van der Waals surface area contributed by atoms with Gasteiger partial charge in [-0.2, -0.15) is 0 Å². The number of oxazole rings is 1. The lowest BCUT2D eigenvalue weighted by Crippen LogP contribution is -2.43. The van der Waals surface area contributed by atoms with E-state index in [0.29, 0.717) is 22.0 Å². The molecule has 4 aromatic rings. The second-order valence-electron chi connectivity index (χ2n) is 8.96. The van der Waals surface area contributed by atoms with Crippen LogP contribution in [0.15, 0.2) is 33.5 Å². The first-order chi connectivity index (χ1) is 17.2. The minimum atomic E-state index is -0.855. The van der Waals surface area contributed by atoms with Crippen LogP contribution in [0.25, 0.3) is 33.1 Å². The van der Waals surface area contributed by atoms with E-state index < -0.39 is 23.6 Å². The molecular weight excluding hydrogens is 472 g/mol. The lowest BCUT2D eigenvalue weighted by molar-refractivity contribution is -0.123. The number of nitrogens with one attached hydrogen (secondary N) is 1. The van der Waals surface area contributed by atoms with Gasteiger partial charge >= 0.3 is 0 Å². The van der Waals surface area contributed by atoms with Crippen LogP contribution in [-0.4, -0.2) is 35.2 Å². The highest BCUT2D eigenvalue weighted by atomic mass is 19.1. The van der Waals surface area contributed by atoms with Gasteiger partial charge in [-0.25, -0.2) is 13.8 Å². The maximum Gasteiger partial charge on any atom is 0.281 e. The Morgan fingerprint density at radius 1 is 1.28 bits per heavy atom. The summed E-state index contributed by atoms with van der Waals surface area (Å²) in [4.78, 5) is 30.0. The molecule has 0 unspecified atom stereocenters. The number of aryl methyl sites for hydroxylation is 1. The van der Waals surface area contributed by atoms with Crippen LogP contribution in [0.4, 0.5) is 14.5 Å². The van der Waals surface area contributed by atoms with E-state index in [4.69, 9.17) is 20.6 Å². The quantitative estimate of drug-likeness (QED) is 0.334. The summed E-state index contributed by atoms with van der Waals surface area (Å²) in [6.07, 6.45) is 1.63. The number of ether oxygens (including phenoxy) is 1. The summed E-state index contributed by atoms with van der Waals surface area (Å²) >= 11 is 0. The molecule has 36 heavy (non-hydrogen) atoms. The van der Waals surface area contributed by atoms with Gasteiger partial charge < -0.3 is 30.5 Å². The van der Waals surface area contributed by atoms with Crippen LogP contribution < -0.4 is 22.3 Å². The summed E-state index contributed by atoms with van der Waals surface area (Å²) in [5.41, 5.74) is 12.7. The van der Waals surface area contributed by atoms with Crippen molar-refractivity contribution in [1.82, 2.24) is 14.9 Å².